The molecule has 2 aromatic rings. The van der Waals surface area contributed by atoms with Gasteiger partial charge in [0.25, 0.3) is 10.0 Å². The molecular weight excluding hydrogens is 378 g/mol. The molecule has 0 radical (unpaired) electrons. The van der Waals surface area contributed by atoms with Crippen LogP contribution in [0.4, 0.5) is 0 Å². The van der Waals surface area contributed by atoms with E-state index in [1.165, 1.54) is 12.1 Å². The van der Waals surface area contributed by atoms with Crippen molar-refractivity contribution in [1.82, 2.24) is 4.72 Å². The summed E-state index contributed by atoms with van der Waals surface area (Å²) in [5, 5.41) is 8.85. The average molecular weight is 390 g/mol. The first-order chi connectivity index (χ1) is 9.81. The van der Waals surface area contributed by atoms with Gasteiger partial charge in [-0.05, 0) is 30.7 Å². The van der Waals surface area contributed by atoms with E-state index in [0.717, 1.165) is 21.4 Å². The van der Waals surface area contributed by atoms with Gasteiger partial charge in [-0.2, -0.15) is 0 Å². The molecule has 0 fully saturated rings. The van der Waals surface area contributed by atoms with Crippen LogP contribution in [0.15, 0.2) is 45.1 Å². The Morgan fingerprint density at radius 1 is 1.29 bits per heavy atom. The molecule has 1 heterocycles. The monoisotopic (exact) mass is 389 g/mol. The molecule has 1 aromatic heterocycles. The predicted molar refractivity (Wildman–Crippen MR) is 84.2 cm³/mol. The molecular formula is C13H12BrNO4S2. The lowest BCUT2D eigenvalue weighted by atomic mass is 10.1. The van der Waals surface area contributed by atoms with Crippen LogP contribution in [0.5, 0.6) is 0 Å². The summed E-state index contributed by atoms with van der Waals surface area (Å²) in [6, 6.07) is 9.43. The lowest BCUT2D eigenvalue weighted by Gasteiger charge is -2.15. The van der Waals surface area contributed by atoms with Crippen LogP contribution in [-0.2, 0) is 10.0 Å². The zero-order valence-electron chi connectivity index (χ0n) is 10.9. The maximum absolute atomic E-state index is 12.3. The number of halogens is 1. The van der Waals surface area contributed by atoms with E-state index in [4.69, 9.17) is 5.11 Å². The number of hydrogen-bond acceptors (Lipinski definition) is 4. The van der Waals surface area contributed by atoms with E-state index in [9.17, 15) is 13.2 Å². The van der Waals surface area contributed by atoms with Gasteiger partial charge in [0.1, 0.15) is 9.09 Å². The van der Waals surface area contributed by atoms with Gasteiger partial charge in [-0.1, -0.05) is 34.1 Å². The number of carboxylic acid groups (broad SMARTS) is 1. The molecule has 1 atom stereocenters. The molecule has 0 bridgehead atoms. The normalized spacial score (nSPS) is 13.0. The standard InChI is InChI=1S/C13H12BrNO4S2/c1-8(9-4-2-3-5-10(9)14)15-21(18,19)12-7-6-11(20-12)13(16)17/h2-8,15H,1H3,(H,16,17)/t8-/m1/s1. The van der Waals surface area contributed by atoms with Crippen molar-refractivity contribution < 1.29 is 18.3 Å². The van der Waals surface area contributed by atoms with Crippen LogP contribution >= 0.6 is 27.3 Å². The Hall–Kier alpha value is -1.22. The molecule has 1 aromatic carbocycles. The van der Waals surface area contributed by atoms with Crippen LogP contribution in [0.25, 0.3) is 0 Å². The van der Waals surface area contributed by atoms with Crippen molar-refractivity contribution in [2.24, 2.45) is 0 Å². The van der Waals surface area contributed by atoms with Gasteiger partial charge >= 0.3 is 5.97 Å². The minimum Gasteiger partial charge on any atom is -0.477 e. The molecule has 0 saturated carbocycles. The molecule has 5 nitrogen and oxygen atoms in total. The molecule has 0 amide bonds. The second kappa shape index (κ2) is 6.27. The molecule has 21 heavy (non-hydrogen) atoms. The maximum atomic E-state index is 12.3. The summed E-state index contributed by atoms with van der Waals surface area (Å²) >= 11 is 4.10. The van der Waals surface area contributed by atoms with E-state index in [1.54, 1.807) is 6.92 Å². The zero-order chi connectivity index (χ0) is 15.6. The number of benzene rings is 1. The molecule has 2 rings (SSSR count). The van der Waals surface area contributed by atoms with Gasteiger partial charge in [0.05, 0.1) is 0 Å². The van der Waals surface area contributed by atoms with Gasteiger partial charge < -0.3 is 5.11 Å². The molecule has 0 aliphatic heterocycles. The smallest absolute Gasteiger partial charge is 0.345 e. The van der Waals surface area contributed by atoms with E-state index in [-0.39, 0.29) is 9.09 Å². The molecule has 2 N–H and O–H groups in total. The quantitative estimate of drug-likeness (QED) is 0.821. The molecule has 112 valence electrons. The summed E-state index contributed by atoms with van der Waals surface area (Å²) in [4.78, 5) is 10.8. The summed E-state index contributed by atoms with van der Waals surface area (Å²) in [7, 11) is -3.75. The number of sulfonamides is 1. The van der Waals surface area contributed by atoms with E-state index >= 15 is 0 Å². The fourth-order valence-electron chi connectivity index (χ4n) is 1.76. The van der Waals surface area contributed by atoms with Crippen LogP contribution in [0, 0.1) is 0 Å². The largest absolute Gasteiger partial charge is 0.477 e. The van der Waals surface area contributed by atoms with E-state index in [1.807, 2.05) is 24.3 Å². The number of carboxylic acids is 1. The van der Waals surface area contributed by atoms with Crippen molar-refractivity contribution in [3.63, 3.8) is 0 Å². The molecule has 0 spiro atoms. The summed E-state index contributed by atoms with van der Waals surface area (Å²) in [5.41, 5.74) is 0.802. The lowest BCUT2D eigenvalue weighted by Crippen LogP contribution is -2.26. The maximum Gasteiger partial charge on any atom is 0.345 e. The van der Waals surface area contributed by atoms with Crippen LogP contribution in [-0.4, -0.2) is 19.5 Å². The van der Waals surface area contributed by atoms with E-state index in [2.05, 4.69) is 20.7 Å². The second-order valence-corrected chi connectivity index (χ2v) is 8.17. The van der Waals surface area contributed by atoms with Crippen LogP contribution < -0.4 is 4.72 Å². The molecule has 8 heteroatoms. The minimum atomic E-state index is -3.75. The summed E-state index contributed by atoms with van der Waals surface area (Å²) in [5.74, 6) is -1.14. The first-order valence-electron chi connectivity index (χ1n) is 5.91. The summed E-state index contributed by atoms with van der Waals surface area (Å²) < 4.78 is 27.8. The van der Waals surface area contributed by atoms with Gasteiger partial charge in [-0.3, -0.25) is 0 Å². The summed E-state index contributed by atoms with van der Waals surface area (Å²) in [6.07, 6.45) is 0. The number of hydrogen-bond donors (Lipinski definition) is 2. The highest BCUT2D eigenvalue weighted by atomic mass is 79.9. The first-order valence-corrected chi connectivity index (χ1v) is 9.00. The van der Waals surface area contributed by atoms with Gasteiger partial charge in [-0.15, -0.1) is 11.3 Å². The third-order valence-electron chi connectivity index (χ3n) is 2.76. The van der Waals surface area contributed by atoms with E-state index in [0.29, 0.717) is 0 Å². The van der Waals surface area contributed by atoms with Gasteiger partial charge in [0, 0.05) is 10.5 Å². The predicted octanol–water partition coefficient (Wildman–Crippen LogP) is 3.25. The van der Waals surface area contributed by atoms with Gasteiger partial charge in [-0.25, -0.2) is 17.9 Å². The van der Waals surface area contributed by atoms with Crippen LogP contribution in [0.2, 0.25) is 0 Å². The number of rotatable bonds is 5. The highest BCUT2D eigenvalue weighted by Gasteiger charge is 2.22. The molecule has 0 unspecified atom stereocenters. The third-order valence-corrected chi connectivity index (χ3v) is 6.59. The van der Waals surface area contributed by atoms with E-state index < -0.39 is 22.0 Å². The van der Waals surface area contributed by atoms with Crippen molar-refractivity contribution in [2.45, 2.75) is 17.2 Å². The Morgan fingerprint density at radius 3 is 2.52 bits per heavy atom. The number of aromatic carboxylic acids is 1. The number of carbonyl (C=O) groups is 1. The van der Waals surface area contributed by atoms with Crippen molar-refractivity contribution in [2.75, 3.05) is 0 Å². The minimum absolute atomic E-state index is 0.0103. The van der Waals surface area contributed by atoms with Gasteiger partial charge in [0.2, 0.25) is 0 Å². The molecule has 0 aliphatic carbocycles. The lowest BCUT2D eigenvalue weighted by molar-refractivity contribution is 0.0702. The van der Waals surface area contributed by atoms with Crippen molar-refractivity contribution in [1.29, 1.82) is 0 Å². The Morgan fingerprint density at radius 2 is 1.95 bits per heavy atom. The summed E-state index contributed by atoms with van der Waals surface area (Å²) in [6.45, 7) is 1.73. The number of thiophene rings is 1. The number of nitrogens with one attached hydrogen (secondary N) is 1. The average Bonchev–Trinajstić information content (AvgIpc) is 2.89. The Bertz CT molecular complexity index is 770. The Kier molecular flexibility index (Phi) is 4.82. The van der Waals surface area contributed by atoms with Crippen molar-refractivity contribution in [3.8, 4) is 0 Å². The third kappa shape index (κ3) is 3.70. The van der Waals surface area contributed by atoms with Crippen LogP contribution in [0.1, 0.15) is 28.2 Å². The molecule has 0 saturated heterocycles. The molecule has 0 aliphatic rings. The van der Waals surface area contributed by atoms with Crippen molar-refractivity contribution in [3.05, 3.63) is 51.3 Å². The van der Waals surface area contributed by atoms with Crippen molar-refractivity contribution >= 4 is 43.3 Å². The fourth-order valence-corrected chi connectivity index (χ4v) is 4.77. The Balaban J connectivity index is 2.24. The fraction of sp³-hybridized carbons (Fsp3) is 0.154. The van der Waals surface area contributed by atoms with Gasteiger partial charge in [0.15, 0.2) is 0 Å². The second-order valence-electron chi connectivity index (χ2n) is 4.29. The highest BCUT2D eigenvalue weighted by molar-refractivity contribution is 9.10. The zero-order valence-corrected chi connectivity index (χ0v) is 14.1. The first kappa shape index (κ1) is 16.2. The Labute approximate surface area is 134 Å². The topological polar surface area (TPSA) is 83.5 Å². The van der Waals surface area contributed by atoms with Crippen LogP contribution in [0.3, 0.4) is 0 Å². The SMILES string of the molecule is C[C@@H](NS(=O)(=O)c1ccc(C(=O)O)s1)c1ccccc1Br. The highest BCUT2D eigenvalue weighted by Crippen LogP contribution is 2.26.